The Bertz CT molecular complexity index is 298. The second-order valence-electron chi connectivity index (χ2n) is 3.69. The summed E-state index contributed by atoms with van der Waals surface area (Å²) in [6.45, 7) is 5.18. The van der Waals surface area contributed by atoms with Gasteiger partial charge in [-0.25, -0.2) is 0 Å². The van der Waals surface area contributed by atoms with Crippen LogP contribution in [-0.2, 0) is 4.79 Å². The number of hydrogen-bond donors (Lipinski definition) is 2. The molecule has 0 spiro atoms. The lowest BCUT2D eigenvalue weighted by atomic mass is 10.1. The summed E-state index contributed by atoms with van der Waals surface area (Å²) in [5.74, 6) is 0.0696. The second-order valence-corrected chi connectivity index (χ2v) is 4.67. The van der Waals surface area contributed by atoms with Crippen LogP contribution in [0.2, 0.25) is 0 Å². The molecule has 0 bridgehead atoms. The van der Waals surface area contributed by atoms with E-state index in [1.165, 1.54) is 4.88 Å². The van der Waals surface area contributed by atoms with Gasteiger partial charge in [0.15, 0.2) is 0 Å². The molecule has 1 atom stereocenters. The quantitative estimate of drug-likeness (QED) is 0.768. The van der Waals surface area contributed by atoms with E-state index in [4.69, 9.17) is 0 Å². The standard InChI is InChI=1S/C12H20N2OS/c1-3-6-10(11-7-5-8-16-11)14-9-12(15)13-4-2/h5,7-8,10,14H,3-4,6,9H2,1-2H3,(H,13,15). The summed E-state index contributed by atoms with van der Waals surface area (Å²) in [5.41, 5.74) is 0. The number of amides is 1. The summed E-state index contributed by atoms with van der Waals surface area (Å²) in [7, 11) is 0. The van der Waals surface area contributed by atoms with Gasteiger partial charge in [-0.15, -0.1) is 11.3 Å². The van der Waals surface area contributed by atoms with Gasteiger partial charge in [-0.05, 0) is 24.8 Å². The van der Waals surface area contributed by atoms with Crippen molar-refractivity contribution in [2.75, 3.05) is 13.1 Å². The van der Waals surface area contributed by atoms with E-state index in [1.807, 2.05) is 6.92 Å². The average Bonchev–Trinajstić information content (AvgIpc) is 2.78. The third-order valence-electron chi connectivity index (χ3n) is 2.35. The number of thiophene rings is 1. The largest absolute Gasteiger partial charge is 0.355 e. The van der Waals surface area contributed by atoms with Crippen LogP contribution in [0.15, 0.2) is 17.5 Å². The van der Waals surface area contributed by atoms with E-state index in [-0.39, 0.29) is 5.91 Å². The average molecular weight is 240 g/mol. The van der Waals surface area contributed by atoms with E-state index in [0.717, 1.165) is 12.8 Å². The first-order chi connectivity index (χ1) is 7.77. The summed E-state index contributed by atoms with van der Waals surface area (Å²) in [4.78, 5) is 12.7. The number of nitrogens with one attached hydrogen (secondary N) is 2. The molecule has 90 valence electrons. The molecule has 0 radical (unpaired) electrons. The first-order valence-electron chi connectivity index (χ1n) is 5.81. The van der Waals surface area contributed by atoms with Gasteiger partial charge in [0.1, 0.15) is 0 Å². The molecule has 16 heavy (non-hydrogen) atoms. The summed E-state index contributed by atoms with van der Waals surface area (Å²) in [6.07, 6.45) is 2.19. The van der Waals surface area contributed by atoms with Crippen LogP contribution in [0.1, 0.15) is 37.6 Å². The van der Waals surface area contributed by atoms with Gasteiger partial charge in [0, 0.05) is 17.5 Å². The molecule has 1 amide bonds. The van der Waals surface area contributed by atoms with Crippen molar-refractivity contribution in [3.8, 4) is 0 Å². The van der Waals surface area contributed by atoms with Gasteiger partial charge in [-0.1, -0.05) is 19.4 Å². The first kappa shape index (κ1) is 13.2. The minimum absolute atomic E-state index is 0.0696. The van der Waals surface area contributed by atoms with Crippen molar-refractivity contribution in [3.05, 3.63) is 22.4 Å². The molecule has 0 aromatic carbocycles. The van der Waals surface area contributed by atoms with Crippen LogP contribution >= 0.6 is 11.3 Å². The lowest BCUT2D eigenvalue weighted by molar-refractivity contribution is -0.120. The van der Waals surface area contributed by atoms with Crippen LogP contribution < -0.4 is 10.6 Å². The Balaban J connectivity index is 2.43. The molecule has 1 unspecified atom stereocenters. The van der Waals surface area contributed by atoms with Crippen molar-refractivity contribution in [2.24, 2.45) is 0 Å². The van der Waals surface area contributed by atoms with Crippen LogP contribution in [0.5, 0.6) is 0 Å². The smallest absolute Gasteiger partial charge is 0.233 e. The summed E-state index contributed by atoms with van der Waals surface area (Å²) < 4.78 is 0. The molecule has 0 saturated heterocycles. The number of hydrogen-bond acceptors (Lipinski definition) is 3. The van der Waals surface area contributed by atoms with Crippen molar-refractivity contribution in [2.45, 2.75) is 32.7 Å². The predicted molar refractivity (Wildman–Crippen MR) is 68.7 cm³/mol. The molecule has 0 aliphatic heterocycles. The number of likely N-dealkylation sites (N-methyl/N-ethyl adjacent to an activating group) is 1. The van der Waals surface area contributed by atoms with Crippen LogP contribution in [0.25, 0.3) is 0 Å². The molecule has 0 fully saturated rings. The minimum atomic E-state index is 0.0696. The highest BCUT2D eigenvalue weighted by molar-refractivity contribution is 7.10. The summed E-state index contributed by atoms with van der Waals surface area (Å²) >= 11 is 1.74. The summed E-state index contributed by atoms with van der Waals surface area (Å²) in [6, 6.07) is 4.49. The molecule has 1 rings (SSSR count). The highest BCUT2D eigenvalue weighted by Gasteiger charge is 2.12. The van der Waals surface area contributed by atoms with Crippen LogP contribution in [0.3, 0.4) is 0 Å². The number of carbonyl (C=O) groups is 1. The minimum Gasteiger partial charge on any atom is -0.355 e. The van der Waals surface area contributed by atoms with Crippen molar-refractivity contribution >= 4 is 17.2 Å². The van der Waals surface area contributed by atoms with E-state index in [2.05, 4.69) is 35.1 Å². The fourth-order valence-corrected chi connectivity index (χ4v) is 2.44. The Hall–Kier alpha value is -0.870. The van der Waals surface area contributed by atoms with Crippen molar-refractivity contribution in [1.29, 1.82) is 0 Å². The molecule has 2 N–H and O–H groups in total. The molecule has 1 aromatic heterocycles. The van der Waals surface area contributed by atoms with Crippen LogP contribution in [-0.4, -0.2) is 19.0 Å². The van der Waals surface area contributed by atoms with Crippen molar-refractivity contribution < 1.29 is 4.79 Å². The van der Waals surface area contributed by atoms with Crippen LogP contribution in [0, 0.1) is 0 Å². The topological polar surface area (TPSA) is 41.1 Å². The van der Waals surface area contributed by atoms with E-state index in [0.29, 0.717) is 19.1 Å². The van der Waals surface area contributed by atoms with Crippen molar-refractivity contribution in [1.82, 2.24) is 10.6 Å². The zero-order valence-electron chi connectivity index (χ0n) is 9.95. The molecule has 1 heterocycles. The first-order valence-corrected chi connectivity index (χ1v) is 6.69. The van der Waals surface area contributed by atoms with Gasteiger partial charge in [0.05, 0.1) is 6.54 Å². The van der Waals surface area contributed by atoms with Gasteiger partial charge in [-0.3, -0.25) is 4.79 Å². The molecule has 0 aliphatic rings. The SMILES string of the molecule is CCCC(NCC(=O)NCC)c1cccs1. The van der Waals surface area contributed by atoms with Gasteiger partial charge >= 0.3 is 0 Å². The molecular weight excluding hydrogens is 220 g/mol. The molecule has 4 heteroatoms. The fourth-order valence-electron chi connectivity index (χ4n) is 1.60. The van der Waals surface area contributed by atoms with Gasteiger partial charge in [0.2, 0.25) is 5.91 Å². The molecule has 0 saturated carbocycles. The maximum Gasteiger partial charge on any atom is 0.233 e. The molecule has 1 aromatic rings. The zero-order chi connectivity index (χ0) is 11.8. The molecule has 0 aliphatic carbocycles. The lowest BCUT2D eigenvalue weighted by Crippen LogP contribution is -2.35. The Morgan fingerprint density at radius 2 is 2.31 bits per heavy atom. The molecule has 3 nitrogen and oxygen atoms in total. The Labute approximate surface area is 101 Å². The third kappa shape index (κ3) is 4.33. The van der Waals surface area contributed by atoms with Crippen molar-refractivity contribution in [3.63, 3.8) is 0 Å². The maximum atomic E-state index is 11.4. The monoisotopic (exact) mass is 240 g/mol. The van der Waals surface area contributed by atoms with Gasteiger partial charge < -0.3 is 10.6 Å². The Kier molecular flexibility index (Phi) is 6.11. The highest BCUT2D eigenvalue weighted by atomic mass is 32.1. The van der Waals surface area contributed by atoms with Gasteiger partial charge in [0.25, 0.3) is 0 Å². The zero-order valence-corrected chi connectivity index (χ0v) is 10.8. The maximum absolute atomic E-state index is 11.4. The fraction of sp³-hybridized carbons (Fsp3) is 0.583. The van der Waals surface area contributed by atoms with E-state index >= 15 is 0 Å². The number of rotatable bonds is 7. The van der Waals surface area contributed by atoms with E-state index < -0.39 is 0 Å². The second kappa shape index (κ2) is 7.41. The Morgan fingerprint density at radius 3 is 2.88 bits per heavy atom. The normalized spacial score (nSPS) is 12.4. The number of carbonyl (C=O) groups excluding carboxylic acids is 1. The van der Waals surface area contributed by atoms with Crippen LogP contribution in [0.4, 0.5) is 0 Å². The molecular formula is C12H20N2OS. The third-order valence-corrected chi connectivity index (χ3v) is 3.33. The highest BCUT2D eigenvalue weighted by Crippen LogP contribution is 2.22. The lowest BCUT2D eigenvalue weighted by Gasteiger charge is -2.16. The van der Waals surface area contributed by atoms with Gasteiger partial charge in [-0.2, -0.15) is 0 Å². The Morgan fingerprint density at radius 1 is 1.50 bits per heavy atom. The van der Waals surface area contributed by atoms with E-state index in [9.17, 15) is 4.79 Å². The summed E-state index contributed by atoms with van der Waals surface area (Å²) in [5, 5.41) is 8.17. The predicted octanol–water partition coefficient (Wildman–Crippen LogP) is 2.32. The van der Waals surface area contributed by atoms with E-state index in [1.54, 1.807) is 11.3 Å².